The lowest BCUT2D eigenvalue weighted by molar-refractivity contribution is 0.580. The zero-order chi connectivity index (χ0) is 15.9. The predicted molar refractivity (Wildman–Crippen MR) is 87.4 cm³/mol. The molecule has 1 aliphatic carbocycles. The summed E-state index contributed by atoms with van der Waals surface area (Å²) in [5.74, 6) is 0. The van der Waals surface area contributed by atoms with Crippen LogP contribution in [0.5, 0.6) is 0 Å². The maximum Gasteiger partial charge on any atom is 0.241 e. The topological polar surface area (TPSA) is 51.1 Å². The Morgan fingerprint density at radius 3 is 2.50 bits per heavy atom. The molecule has 0 bridgehead atoms. The molecule has 0 spiro atoms. The molecule has 1 fully saturated rings. The maximum atomic E-state index is 12.5. The summed E-state index contributed by atoms with van der Waals surface area (Å²) in [6.45, 7) is 6.31. The van der Waals surface area contributed by atoms with Gasteiger partial charge in [0.25, 0.3) is 0 Å². The van der Waals surface area contributed by atoms with Gasteiger partial charge in [0.15, 0.2) is 0 Å². The molecule has 1 heterocycles. The Balaban J connectivity index is 1.81. The van der Waals surface area contributed by atoms with Gasteiger partial charge in [0, 0.05) is 24.0 Å². The summed E-state index contributed by atoms with van der Waals surface area (Å²) in [4.78, 5) is 0.353. The molecule has 4 nitrogen and oxygen atoms in total. The van der Waals surface area contributed by atoms with E-state index in [1.165, 1.54) is 24.2 Å². The quantitative estimate of drug-likeness (QED) is 0.920. The van der Waals surface area contributed by atoms with Crippen molar-refractivity contribution in [2.24, 2.45) is 0 Å². The van der Waals surface area contributed by atoms with Crippen LogP contribution in [0, 0.1) is 20.8 Å². The van der Waals surface area contributed by atoms with Crippen LogP contribution in [0.4, 0.5) is 0 Å². The molecule has 1 aliphatic rings. The first-order chi connectivity index (χ1) is 10.4. The lowest BCUT2D eigenvalue weighted by Gasteiger charge is -2.10. The third-order valence-electron chi connectivity index (χ3n) is 4.34. The Morgan fingerprint density at radius 1 is 1.18 bits per heavy atom. The molecule has 22 heavy (non-hydrogen) atoms. The summed E-state index contributed by atoms with van der Waals surface area (Å²) < 4.78 is 30.0. The van der Waals surface area contributed by atoms with Gasteiger partial charge in [0.05, 0.1) is 4.90 Å². The normalized spacial score (nSPS) is 15.2. The van der Waals surface area contributed by atoms with E-state index < -0.39 is 10.0 Å². The summed E-state index contributed by atoms with van der Waals surface area (Å²) in [6.07, 6.45) is 2.45. The van der Waals surface area contributed by atoms with Crippen molar-refractivity contribution in [3.05, 3.63) is 52.8 Å². The van der Waals surface area contributed by atoms with E-state index in [0.29, 0.717) is 17.5 Å². The summed E-state index contributed by atoms with van der Waals surface area (Å²) in [5, 5.41) is 0. The first-order valence-corrected chi connectivity index (χ1v) is 9.11. The van der Waals surface area contributed by atoms with Crippen LogP contribution in [0.25, 0.3) is 0 Å². The van der Waals surface area contributed by atoms with E-state index in [1.807, 2.05) is 19.1 Å². The molecule has 1 N–H and O–H groups in total. The molecule has 5 heteroatoms. The number of aromatic nitrogens is 1. The van der Waals surface area contributed by atoms with Gasteiger partial charge in [-0.05, 0) is 56.9 Å². The number of nitrogens with one attached hydrogen (secondary N) is 1. The Labute approximate surface area is 132 Å². The third kappa shape index (κ3) is 2.83. The maximum absolute atomic E-state index is 12.5. The number of rotatable bonds is 5. The predicted octanol–water partition coefficient (Wildman–Crippen LogP) is 3.23. The smallest absolute Gasteiger partial charge is 0.241 e. The molecule has 0 unspecified atom stereocenters. The zero-order valence-electron chi connectivity index (χ0n) is 13.3. The van der Waals surface area contributed by atoms with E-state index >= 15 is 0 Å². The fourth-order valence-electron chi connectivity index (χ4n) is 3.03. The van der Waals surface area contributed by atoms with E-state index in [-0.39, 0.29) is 0 Å². The molecular formula is C17H22N2O2S. The average Bonchev–Trinajstić information content (AvgIpc) is 3.24. The summed E-state index contributed by atoms with van der Waals surface area (Å²) in [5.41, 5.74) is 4.21. The molecule has 0 radical (unpaired) electrons. The molecule has 1 aromatic heterocycles. The summed E-state index contributed by atoms with van der Waals surface area (Å²) in [6, 6.07) is 9.76. The average molecular weight is 318 g/mol. The van der Waals surface area contributed by atoms with Gasteiger partial charge in [-0.2, -0.15) is 0 Å². The minimum atomic E-state index is -3.47. The van der Waals surface area contributed by atoms with Crippen molar-refractivity contribution in [3.63, 3.8) is 0 Å². The van der Waals surface area contributed by atoms with Crippen LogP contribution in [-0.2, 0) is 16.6 Å². The van der Waals surface area contributed by atoms with Crippen LogP contribution in [0.2, 0.25) is 0 Å². The molecule has 0 aliphatic heterocycles. The molecule has 2 aromatic rings. The number of hydrogen-bond donors (Lipinski definition) is 1. The van der Waals surface area contributed by atoms with Gasteiger partial charge in [-0.25, -0.2) is 13.1 Å². The molecule has 118 valence electrons. The second kappa shape index (κ2) is 5.56. The summed E-state index contributed by atoms with van der Waals surface area (Å²) >= 11 is 0. The van der Waals surface area contributed by atoms with Crippen LogP contribution in [0.15, 0.2) is 35.2 Å². The molecule has 0 amide bonds. The van der Waals surface area contributed by atoms with Crippen LogP contribution in [-0.4, -0.2) is 13.0 Å². The minimum absolute atomic E-state index is 0.336. The van der Waals surface area contributed by atoms with E-state index in [9.17, 15) is 8.42 Å². The molecule has 1 aromatic carbocycles. The fraction of sp³-hybridized carbons (Fsp3) is 0.412. The largest absolute Gasteiger partial charge is 0.346 e. The van der Waals surface area contributed by atoms with E-state index in [2.05, 4.69) is 29.2 Å². The molecule has 0 atom stereocenters. The Morgan fingerprint density at radius 2 is 1.86 bits per heavy atom. The highest BCUT2D eigenvalue weighted by atomic mass is 32.2. The van der Waals surface area contributed by atoms with Crippen molar-refractivity contribution < 1.29 is 8.42 Å². The van der Waals surface area contributed by atoms with E-state index in [4.69, 9.17) is 0 Å². The van der Waals surface area contributed by atoms with Crippen molar-refractivity contribution in [2.45, 2.75) is 51.1 Å². The van der Waals surface area contributed by atoms with Crippen molar-refractivity contribution >= 4 is 10.0 Å². The number of benzene rings is 1. The zero-order valence-corrected chi connectivity index (χ0v) is 14.1. The van der Waals surface area contributed by atoms with Crippen molar-refractivity contribution in [1.82, 2.24) is 9.29 Å². The van der Waals surface area contributed by atoms with Crippen LogP contribution in [0.1, 0.15) is 41.4 Å². The fourth-order valence-corrected chi connectivity index (χ4v) is 4.28. The second-order valence-corrected chi connectivity index (χ2v) is 7.82. The first kappa shape index (κ1) is 15.3. The van der Waals surface area contributed by atoms with Crippen molar-refractivity contribution in [3.8, 4) is 0 Å². The third-order valence-corrected chi connectivity index (χ3v) is 5.90. The van der Waals surface area contributed by atoms with E-state index in [0.717, 1.165) is 11.1 Å². The number of nitrogens with zero attached hydrogens (tertiary/aromatic N) is 1. The lowest BCUT2D eigenvalue weighted by Crippen LogP contribution is -2.24. The summed E-state index contributed by atoms with van der Waals surface area (Å²) in [7, 11) is -3.47. The van der Waals surface area contributed by atoms with Crippen LogP contribution < -0.4 is 4.72 Å². The molecule has 1 saturated carbocycles. The van der Waals surface area contributed by atoms with Gasteiger partial charge in [-0.15, -0.1) is 0 Å². The Bertz CT molecular complexity index is 802. The highest BCUT2D eigenvalue weighted by Crippen LogP contribution is 2.38. The highest BCUT2D eigenvalue weighted by Gasteiger charge is 2.27. The number of hydrogen-bond acceptors (Lipinski definition) is 2. The monoisotopic (exact) mass is 318 g/mol. The molecule has 3 rings (SSSR count). The molecule has 0 saturated heterocycles. The Hall–Kier alpha value is -1.59. The van der Waals surface area contributed by atoms with Gasteiger partial charge in [0.2, 0.25) is 10.0 Å². The second-order valence-electron chi connectivity index (χ2n) is 6.09. The minimum Gasteiger partial charge on any atom is -0.346 e. The van der Waals surface area contributed by atoms with Gasteiger partial charge < -0.3 is 4.57 Å². The highest BCUT2D eigenvalue weighted by molar-refractivity contribution is 7.89. The van der Waals surface area contributed by atoms with Gasteiger partial charge in [0.1, 0.15) is 0 Å². The van der Waals surface area contributed by atoms with Gasteiger partial charge >= 0.3 is 0 Å². The van der Waals surface area contributed by atoms with Crippen molar-refractivity contribution in [1.29, 1.82) is 0 Å². The first-order valence-electron chi connectivity index (χ1n) is 7.63. The van der Waals surface area contributed by atoms with Crippen molar-refractivity contribution in [2.75, 3.05) is 0 Å². The van der Waals surface area contributed by atoms with Crippen LogP contribution >= 0.6 is 0 Å². The van der Waals surface area contributed by atoms with Gasteiger partial charge in [-0.1, -0.05) is 18.2 Å². The number of sulfonamides is 1. The molecular weight excluding hydrogens is 296 g/mol. The van der Waals surface area contributed by atoms with E-state index in [1.54, 1.807) is 12.1 Å². The Kier molecular flexibility index (Phi) is 3.87. The van der Waals surface area contributed by atoms with Crippen LogP contribution in [0.3, 0.4) is 0 Å². The lowest BCUT2D eigenvalue weighted by atomic mass is 10.2. The number of aryl methyl sites for hydroxylation is 2. The SMILES string of the molecule is Cc1ccccc1S(=O)(=O)NCc1cc(C)n(C2CC2)c1C. The van der Waals surface area contributed by atoms with Gasteiger partial charge in [-0.3, -0.25) is 0 Å². The standard InChI is InChI=1S/C17H22N2O2S/c1-12-6-4-5-7-17(12)22(20,21)18-11-15-10-13(2)19(14(15)3)16-8-9-16/h4-7,10,16,18H,8-9,11H2,1-3H3.